The fourth-order valence-corrected chi connectivity index (χ4v) is 4.80. The second kappa shape index (κ2) is 9.68. The first kappa shape index (κ1) is 21.6. The van der Waals surface area contributed by atoms with Crippen molar-refractivity contribution in [2.24, 2.45) is 0 Å². The maximum Gasteiger partial charge on any atom is 0.234 e. The predicted molar refractivity (Wildman–Crippen MR) is 129 cm³/mol. The number of nitrogens with zero attached hydrogens (tertiary/aromatic N) is 3. The molecule has 2 aromatic heterocycles. The Morgan fingerprint density at radius 3 is 2.65 bits per heavy atom. The van der Waals surface area contributed by atoms with Crippen LogP contribution in [0.25, 0.3) is 5.69 Å². The van der Waals surface area contributed by atoms with E-state index < -0.39 is 0 Å². The number of carbonyl (C=O) groups is 1. The summed E-state index contributed by atoms with van der Waals surface area (Å²) >= 11 is 9.12. The van der Waals surface area contributed by atoms with Crippen molar-refractivity contribution in [2.75, 3.05) is 11.1 Å². The second-order valence-electron chi connectivity index (χ2n) is 7.12. The molecule has 0 fully saturated rings. The fourth-order valence-electron chi connectivity index (χ4n) is 3.20. The summed E-state index contributed by atoms with van der Waals surface area (Å²) in [4.78, 5) is 13.8. The molecule has 0 saturated heterocycles. The third-order valence-electron chi connectivity index (χ3n) is 4.69. The lowest BCUT2D eigenvalue weighted by molar-refractivity contribution is -0.113. The first-order valence-corrected chi connectivity index (χ1v) is 12.0. The van der Waals surface area contributed by atoms with Gasteiger partial charge in [-0.25, -0.2) is 0 Å². The summed E-state index contributed by atoms with van der Waals surface area (Å²) in [5.41, 5.74) is 3.95. The molecule has 0 spiro atoms. The van der Waals surface area contributed by atoms with Crippen molar-refractivity contribution in [3.63, 3.8) is 0 Å². The number of hydrogen-bond acceptors (Lipinski definition) is 5. The minimum absolute atomic E-state index is 0.0811. The molecule has 4 rings (SSSR count). The largest absolute Gasteiger partial charge is 0.325 e. The smallest absolute Gasteiger partial charge is 0.234 e. The van der Waals surface area contributed by atoms with Gasteiger partial charge >= 0.3 is 0 Å². The van der Waals surface area contributed by atoms with Gasteiger partial charge in [-0.1, -0.05) is 47.1 Å². The number of thiophene rings is 1. The number of halogens is 1. The number of aryl methyl sites for hydroxylation is 2. The molecule has 2 aromatic carbocycles. The van der Waals surface area contributed by atoms with Crippen LogP contribution in [0.15, 0.2) is 65.1 Å². The number of thioether (sulfide) groups is 1. The third-order valence-corrected chi connectivity index (χ3v) is 6.74. The molecule has 31 heavy (non-hydrogen) atoms. The van der Waals surface area contributed by atoms with Crippen LogP contribution < -0.4 is 5.32 Å². The summed E-state index contributed by atoms with van der Waals surface area (Å²) in [5, 5.41) is 15.1. The molecule has 8 heteroatoms. The molecule has 158 valence electrons. The Morgan fingerprint density at radius 2 is 1.94 bits per heavy atom. The fraction of sp³-hybridized carbons (Fsp3) is 0.174. The van der Waals surface area contributed by atoms with Gasteiger partial charge in [0.15, 0.2) is 5.16 Å². The highest BCUT2D eigenvalue weighted by Crippen LogP contribution is 2.26. The first-order valence-electron chi connectivity index (χ1n) is 9.72. The second-order valence-corrected chi connectivity index (χ2v) is 9.53. The lowest BCUT2D eigenvalue weighted by atomic mass is 10.1. The first-order chi connectivity index (χ1) is 15.0. The van der Waals surface area contributed by atoms with Gasteiger partial charge in [0.25, 0.3) is 0 Å². The van der Waals surface area contributed by atoms with Gasteiger partial charge < -0.3 is 5.32 Å². The Labute approximate surface area is 194 Å². The Balaban J connectivity index is 1.53. The van der Waals surface area contributed by atoms with E-state index in [4.69, 9.17) is 11.6 Å². The average molecular weight is 469 g/mol. The van der Waals surface area contributed by atoms with E-state index >= 15 is 0 Å². The van der Waals surface area contributed by atoms with Crippen LogP contribution in [-0.4, -0.2) is 26.4 Å². The van der Waals surface area contributed by atoms with Crippen molar-refractivity contribution in [3.8, 4) is 5.69 Å². The normalized spacial score (nSPS) is 10.9. The lowest BCUT2D eigenvalue weighted by Crippen LogP contribution is -2.15. The maximum absolute atomic E-state index is 12.6. The maximum atomic E-state index is 12.6. The van der Waals surface area contributed by atoms with Gasteiger partial charge in [-0.2, -0.15) is 0 Å². The monoisotopic (exact) mass is 468 g/mol. The molecule has 0 aliphatic heterocycles. The van der Waals surface area contributed by atoms with Gasteiger partial charge in [-0.05, 0) is 61.2 Å². The minimum atomic E-state index is -0.0811. The molecule has 0 radical (unpaired) electrons. The number of nitrogens with one attached hydrogen (secondary N) is 1. The Hall–Kier alpha value is -2.61. The van der Waals surface area contributed by atoms with E-state index in [1.165, 1.54) is 22.2 Å². The van der Waals surface area contributed by atoms with Gasteiger partial charge in [0.2, 0.25) is 5.91 Å². The molecular weight excluding hydrogens is 448 g/mol. The third kappa shape index (κ3) is 5.36. The van der Waals surface area contributed by atoms with Crippen LogP contribution in [0.2, 0.25) is 5.02 Å². The van der Waals surface area contributed by atoms with Gasteiger partial charge in [0.1, 0.15) is 5.82 Å². The van der Waals surface area contributed by atoms with Crippen LogP contribution in [0.3, 0.4) is 0 Å². The molecule has 0 unspecified atom stereocenters. The number of hydrogen-bond donors (Lipinski definition) is 1. The van der Waals surface area contributed by atoms with Crippen molar-refractivity contribution in [2.45, 2.75) is 25.4 Å². The summed E-state index contributed by atoms with van der Waals surface area (Å²) in [6, 6.07) is 17.6. The Kier molecular flexibility index (Phi) is 6.75. The van der Waals surface area contributed by atoms with Gasteiger partial charge in [0, 0.05) is 27.7 Å². The number of carbonyl (C=O) groups excluding carboxylic acids is 1. The summed E-state index contributed by atoms with van der Waals surface area (Å²) in [5.74, 6) is 0.974. The van der Waals surface area contributed by atoms with E-state index in [1.807, 2.05) is 66.3 Å². The molecular formula is C23H21ClN4OS2. The summed E-state index contributed by atoms with van der Waals surface area (Å²) in [7, 11) is 0. The minimum Gasteiger partial charge on any atom is -0.325 e. The molecule has 0 aliphatic carbocycles. The molecule has 4 aromatic rings. The number of anilines is 1. The zero-order valence-corrected chi connectivity index (χ0v) is 19.5. The van der Waals surface area contributed by atoms with Crippen molar-refractivity contribution in [1.29, 1.82) is 0 Å². The zero-order chi connectivity index (χ0) is 21.8. The zero-order valence-electron chi connectivity index (χ0n) is 17.1. The summed E-state index contributed by atoms with van der Waals surface area (Å²) < 4.78 is 1.99. The van der Waals surface area contributed by atoms with Crippen LogP contribution in [0.5, 0.6) is 0 Å². The van der Waals surface area contributed by atoms with Gasteiger partial charge in [-0.15, -0.1) is 21.5 Å². The van der Waals surface area contributed by atoms with E-state index in [-0.39, 0.29) is 11.7 Å². The Morgan fingerprint density at radius 1 is 1.13 bits per heavy atom. The van der Waals surface area contributed by atoms with Crippen LogP contribution >= 0.6 is 34.7 Å². The molecule has 1 N–H and O–H groups in total. The number of rotatable bonds is 7. The van der Waals surface area contributed by atoms with E-state index in [0.29, 0.717) is 16.6 Å². The highest BCUT2D eigenvalue weighted by molar-refractivity contribution is 7.99. The molecule has 5 nitrogen and oxygen atoms in total. The van der Waals surface area contributed by atoms with Crippen LogP contribution in [0, 0.1) is 13.8 Å². The average Bonchev–Trinajstić information content (AvgIpc) is 3.40. The molecule has 1 amide bonds. The number of aromatic nitrogens is 3. The SMILES string of the molecule is Cc1ccc(NC(=O)CSc2nnc(Cc3cccs3)n2-c2ccc(Cl)cc2)c(C)c1. The van der Waals surface area contributed by atoms with Crippen LogP contribution in [0.4, 0.5) is 5.69 Å². The van der Waals surface area contributed by atoms with Crippen LogP contribution in [-0.2, 0) is 11.2 Å². The summed E-state index contributed by atoms with van der Waals surface area (Å²) in [6.07, 6.45) is 0.669. The predicted octanol–water partition coefficient (Wildman–Crippen LogP) is 5.92. The molecule has 2 heterocycles. The van der Waals surface area contributed by atoms with E-state index in [9.17, 15) is 4.79 Å². The van der Waals surface area contributed by atoms with Crippen molar-refractivity contribution in [1.82, 2.24) is 14.8 Å². The Bertz CT molecular complexity index is 1190. The topological polar surface area (TPSA) is 59.8 Å². The van der Waals surface area contributed by atoms with Crippen molar-refractivity contribution < 1.29 is 4.79 Å². The number of amides is 1. The van der Waals surface area contributed by atoms with Crippen molar-refractivity contribution in [3.05, 3.63) is 86.8 Å². The van der Waals surface area contributed by atoms with E-state index in [2.05, 4.69) is 27.6 Å². The summed E-state index contributed by atoms with van der Waals surface area (Å²) in [6.45, 7) is 4.02. The highest BCUT2D eigenvalue weighted by Gasteiger charge is 2.17. The van der Waals surface area contributed by atoms with E-state index in [0.717, 1.165) is 22.8 Å². The lowest BCUT2D eigenvalue weighted by Gasteiger charge is -2.11. The van der Waals surface area contributed by atoms with Crippen molar-refractivity contribution >= 4 is 46.3 Å². The highest BCUT2D eigenvalue weighted by atomic mass is 35.5. The molecule has 0 atom stereocenters. The van der Waals surface area contributed by atoms with E-state index in [1.54, 1.807) is 11.3 Å². The standard InChI is InChI=1S/C23H21ClN4OS2/c1-15-5-10-20(16(2)12-15)25-22(29)14-31-23-27-26-21(13-19-4-3-11-30-19)28(23)18-8-6-17(24)7-9-18/h3-12H,13-14H2,1-2H3,(H,25,29). The van der Waals surface area contributed by atoms with Gasteiger partial charge in [0.05, 0.1) is 5.75 Å². The molecule has 0 bridgehead atoms. The quantitative estimate of drug-likeness (QED) is 0.342. The van der Waals surface area contributed by atoms with Crippen LogP contribution in [0.1, 0.15) is 21.8 Å². The van der Waals surface area contributed by atoms with Gasteiger partial charge in [-0.3, -0.25) is 9.36 Å². The molecule has 0 saturated carbocycles. The molecule has 0 aliphatic rings. The number of benzene rings is 2.